The molecule has 0 bridgehead atoms. The van der Waals surface area contributed by atoms with Gasteiger partial charge in [0.2, 0.25) is 0 Å². The van der Waals surface area contributed by atoms with Gasteiger partial charge in [0, 0.05) is 35.6 Å². The lowest BCUT2D eigenvalue weighted by molar-refractivity contribution is 0.415. The summed E-state index contributed by atoms with van der Waals surface area (Å²) >= 11 is 6.12. The third-order valence-corrected chi connectivity index (χ3v) is 3.62. The van der Waals surface area contributed by atoms with Gasteiger partial charge in [0.15, 0.2) is 0 Å². The molecule has 0 aliphatic rings. The molecule has 4 heteroatoms. The van der Waals surface area contributed by atoms with Crippen molar-refractivity contribution in [1.29, 1.82) is 0 Å². The van der Waals surface area contributed by atoms with Crippen LogP contribution in [0.3, 0.4) is 0 Å². The van der Waals surface area contributed by atoms with Gasteiger partial charge in [-0.1, -0.05) is 17.7 Å². The summed E-state index contributed by atoms with van der Waals surface area (Å²) in [6.07, 6.45) is 0.782. The standard InChI is InChI=1S/C17H21ClN2O/c1-12(19)9-13-10-14(18)7-8-17(13)20(2)15-5-4-6-16(11-15)21-3/h4-8,10-12H,9,19H2,1-3H3. The second-order valence-corrected chi connectivity index (χ2v) is 5.65. The fraction of sp³-hybridized carbons (Fsp3) is 0.294. The molecule has 21 heavy (non-hydrogen) atoms. The molecule has 0 heterocycles. The molecular weight excluding hydrogens is 284 g/mol. The molecule has 112 valence electrons. The Morgan fingerprint density at radius 3 is 2.67 bits per heavy atom. The van der Waals surface area contributed by atoms with Crippen molar-refractivity contribution in [3.63, 3.8) is 0 Å². The molecule has 1 unspecified atom stereocenters. The first-order valence-corrected chi connectivity index (χ1v) is 7.31. The van der Waals surface area contributed by atoms with Crippen LogP contribution in [-0.2, 0) is 6.42 Å². The number of anilines is 2. The van der Waals surface area contributed by atoms with Crippen molar-refractivity contribution >= 4 is 23.0 Å². The number of hydrogen-bond donors (Lipinski definition) is 1. The number of rotatable bonds is 5. The fourth-order valence-electron chi connectivity index (χ4n) is 2.35. The summed E-state index contributed by atoms with van der Waals surface area (Å²) in [5.41, 5.74) is 9.25. The summed E-state index contributed by atoms with van der Waals surface area (Å²) in [6.45, 7) is 2.00. The van der Waals surface area contributed by atoms with Crippen LogP contribution in [0, 0.1) is 0 Å². The van der Waals surface area contributed by atoms with Crippen LogP contribution in [0.15, 0.2) is 42.5 Å². The van der Waals surface area contributed by atoms with E-state index in [1.54, 1.807) is 7.11 Å². The lowest BCUT2D eigenvalue weighted by Crippen LogP contribution is -2.20. The lowest BCUT2D eigenvalue weighted by Gasteiger charge is -2.24. The van der Waals surface area contributed by atoms with Crippen LogP contribution in [-0.4, -0.2) is 20.2 Å². The van der Waals surface area contributed by atoms with E-state index >= 15 is 0 Å². The van der Waals surface area contributed by atoms with Gasteiger partial charge in [-0.25, -0.2) is 0 Å². The normalized spacial score (nSPS) is 12.0. The van der Waals surface area contributed by atoms with E-state index in [2.05, 4.69) is 4.90 Å². The van der Waals surface area contributed by atoms with E-state index < -0.39 is 0 Å². The van der Waals surface area contributed by atoms with Crippen molar-refractivity contribution in [3.8, 4) is 5.75 Å². The van der Waals surface area contributed by atoms with E-state index in [4.69, 9.17) is 22.1 Å². The summed E-state index contributed by atoms with van der Waals surface area (Å²) in [7, 11) is 3.70. The van der Waals surface area contributed by atoms with Crippen LogP contribution in [0.4, 0.5) is 11.4 Å². The Labute approximate surface area is 131 Å². The zero-order valence-electron chi connectivity index (χ0n) is 12.6. The van der Waals surface area contributed by atoms with Crippen LogP contribution in [0.2, 0.25) is 5.02 Å². The number of hydrogen-bond acceptors (Lipinski definition) is 3. The number of halogens is 1. The summed E-state index contributed by atoms with van der Waals surface area (Å²) in [4.78, 5) is 2.12. The smallest absolute Gasteiger partial charge is 0.120 e. The SMILES string of the molecule is COc1cccc(N(C)c2ccc(Cl)cc2CC(C)N)c1. The van der Waals surface area contributed by atoms with Gasteiger partial charge < -0.3 is 15.4 Å². The van der Waals surface area contributed by atoms with Gasteiger partial charge in [-0.2, -0.15) is 0 Å². The topological polar surface area (TPSA) is 38.5 Å². The molecule has 3 nitrogen and oxygen atoms in total. The molecule has 0 radical (unpaired) electrons. The van der Waals surface area contributed by atoms with E-state index in [-0.39, 0.29) is 6.04 Å². The van der Waals surface area contributed by atoms with E-state index in [0.717, 1.165) is 34.1 Å². The van der Waals surface area contributed by atoms with Crippen LogP contribution >= 0.6 is 11.6 Å². The summed E-state index contributed by atoms with van der Waals surface area (Å²) in [6, 6.07) is 14.0. The van der Waals surface area contributed by atoms with Crippen molar-refractivity contribution in [2.75, 3.05) is 19.1 Å². The third kappa shape index (κ3) is 3.90. The predicted octanol–water partition coefficient (Wildman–Crippen LogP) is 4.01. The van der Waals surface area contributed by atoms with Gasteiger partial charge in [0.1, 0.15) is 5.75 Å². The van der Waals surface area contributed by atoms with E-state index in [1.807, 2.05) is 56.4 Å². The Hall–Kier alpha value is -1.71. The first-order valence-electron chi connectivity index (χ1n) is 6.93. The lowest BCUT2D eigenvalue weighted by atomic mass is 10.0. The molecule has 0 aliphatic heterocycles. The monoisotopic (exact) mass is 304 g/mol. The van der Waals surface area contributed by atoms with Gasteiger partial charge in [-0.05, 0) is 49.2 Å². The first kappa shape index (κ1) is 15.7. The molecule has 0 saturated heterocycles. The van der Waals surface area contributed by atoms with Crippen molar-refractivity contribution in [3.05, 3.63) is 53.1 Å². The maximum absolute atomic E-state index is 6.12. The number of ether oxygens (including phenoxy) is 1. The number of nitrogens with two attached hydrogens (primary N) is 1. The van der Waals surface area contributed by atoms with Crippen LogP contribution in [0.25, 0.3) is 0 Å². The van der Waals surface area contributed by atoms with Crippen molar-refractivity contribution < 1.29 is 4.74 Å². The zero-order valence-corrected chi connectivity index (χ0v) is 13.4. The Kier molecular flexibility index (Phi) is 5.10. The third-order valence-electron chi connectivity index (χ3n) is 3.39. The number of nitrogens with zero attached hydrogens (tertiary/aromatic N) is 1. The molecule has 1 atom stereocenters. The van der Waals surface area contributed by atoms with Crippen molar-refractivity contribution in [2.24, 2.45) is 5.73 Å². The van der Waals surface area contributed by atoms with Gasteiger partial charge in [0.25, 0.3) is 0 Å². The van der Waals surface area contributed by atoms with Crippen molar-refractivity contribution in [2.45, 2.75) is 19.4 Å². The minimum Gasteiger partial charge on any atom is -0.497 e. The fourth-order valence-corrected chi connectivity index (χ4v) is 2.54. The van der Waals surface area contributed by atoms with Gasteiger partial charge >= 0.3 is 0 Å². The van der Waals surface area contributed by atoms with Crippen LogP contribution in [0.5, 0.6) is 5.75 Å². The van der Waals surface area contributed by atoms with Gasteiger partial charge in [-0.15, -0.1) is 0 Å². The Morgan fingerprint density at radius 2 is 2.00 bits per heavy atom. The Bertz CT molecular complexity index is 613. The molecule has 2 N–H and O–H groups in total. The van der Waals surface area contributed by atoms with E-state index in [9.17, 15) is 0 Å². The largest absolute Gasteiger partial charge is 0.497 e. The Balaban J connectivity index is 2.39. The first-order chi connectivity index (χ1) is 10.0. The second-order valence-electron chi connectivity index (χ2n) is 5.21. The van der Waals surface area contributed by atoms with Crippen LogP contribution in [0.1, 0.15) is 12.5 Å². The summed E-state index contributed by atoms with van der Waals surface area (Å²) in [5, 5.41) is 0.730. The Morgan fingerprint density at radius 1 is 1.24 bits per heavy atom. The molecule has 0 aliphatic carbocycles. The highest BCUT2D eigenvalue weighted by Crippen LogP contribution is 2.31. The molecular formula is C17H21ClN2O. The average Bonchev–Trinajstić information content (AvgIpc) is 2.46. The highest BCUT2D eigenvalue weighted by atomic mass is 35.5. The molecule has 0 fully saturated rings. The highest BCUT2D eigenvalue weighted by molar-refractivity contribution is 6.30. The molecule has 0 saturated carbocycles. The van der Waals surface area contributed by atoms with E-state index in [1.165, 1.54) is 0 Å². The van der Waals surface area contributed by atoms with Crippen molar-refractivity contribution in [1.82, 2.24) is 0 Å². The molecule has 0 spiro atoms. The quantitative estimate of drug-likeness (QED) is 0.907. The highest BCUT2D eigenvalue weighted by Gasteiger charge is 2.12. The minimum atomic E-state index is 0.0842. The molecule has 2 aromatic carbocycles. The minimum absolute atomic E-state index is 0.0842. The van der Waals surface area contributed by atoms with Crippen LogP contribution < -0.4 is 15.4 Å². The van der Waals surface area contributed by atoms with E-state index in [0.29, 0.717) is 0 Å². The van der Waals surface area contributed by atoms with Gasteiger partial charge in [0.05, 0.1) is 7.11 Å². The average molecular weight is 305 g/mol. The molecule has 0 amide bonds. The maximum Gasteiger partial charge on any atom is 0.120 e. The zero-order chi connectivity index (χ0) is 15.4. The molecule has 2 rings (SSSR count). The summed E-state index contributed by atoms with van der Waals surface area (Å²) in [5.74, 6) is 0.835. The molecule has 2 aromatic rings. The molecule has 0 aromatic heterocycles. The number of methoxy groups -OCH3 is 1. The second kappa shape index (κ2) is 6.83. The van der Waals surface area contributed by atoms with Gasteiger partial charge in [-0.3, -0.25) is 0 Å². The predicted molar refractivity (Wildman–Crippen MR) is 89.9 cm³/mol. The maximum atomic E-state index is 6.12. The number of benzene rings is 2. The summed E-state index contributed by atoms with van der Waals surface area (Å²) < 4.78 is 5.29.